The summed E-state index contributed by atoms with van der Waals surface area (Å²) in [5.74, 6) is -0.855. The predicted octanol–water partition coefficient (Wildman–Crippen LogP) is 4.64. The van der Waals surface area contributed by atoms with E-state index in [9.17, 15) is 19.5 Å². The van der Waals surface area contributed by atoms with Gasteiger partial charge in [0, 0.05) is 23.2 Å². The molecule has 0 saturated heterocycles. The van der Waals surface area contributed by atoms with E-state index in [0.717, 1.165) is 18.4 Å². The normalized spacial score (nSPS) is 13.4. The molecule has 9 heteroatoms. The molecule has 1 atom stereocenters. The van der Waals surface area contributed by atoms with Crippen molar-refractivity contribution in [1.29, 1.82) is 0 Å². The number of fused-ring (bicyclic) bond motifs is 1. The Balaban J connectivity index is 1.43. The van der Waals surface area contributed by atoms with Gasteiger partial charge in [-0.05, 0) is 48.2 Å². The fourth-order valence-corrected chi connectivity index (χ4v) is 4.25. The lowest BCUT2D eigenvalue weighted by Gasteiger charge is -2.27. The van der Waals surface area contributed by atoms with E-state index in [1.165, 1.54) is 17.3 Å². The van der Waals surface area contributed by atoms with Crippen molar-refractivity contribution in [3.63, 3.8) is 0 Å². The zero-order valence-corrected chi connectivity index (χ0v) is 21.1. The topological polar surface area (TPSA) is 122 Å². The van der Waals surface area contributed by atoms with E-state index in [1.54, 1.807) is 44.2 Å². The Hall–Kier alpha value is -4.27. The Morgan fingerprint density at radius 2 is 1.86 bits per heavy atom. The van der Waals surface area contributed by atoms with Gasteiger partial charge in [0.1, 0.15) is 11.8 Å². The van der Waals surface area contributed by atoms with Crippen LogP contribution in [0.4, 0.5) is 5.82 Å². The number of amides is 2. The molecule has 2 N–H and O–H groups in total. The van der Waals surface area contributed by atoms with Gasteiger partial charge in [0.15, 0.2) is 5.82 Å². The van der Waals surface area contributed by atoms with Gasteiger partial charge >= 0.3 is 5.97 Å². The molecule has 0 fully saturated rings. The number of anilines is 1. The van der Waals surface area contributed by atoms with E-state index in [0.29, 0.717) is 40.6 Å². The predicted molar refractivity (Wildman–Crippen MR) is 138 cm³/mol. The van der Waals surface area contributed by atoms with Gasteiger partial charge in [-0.25, -0.2) is 9.78 Å². The highest BCUT2D eigenvalue weighted by Gasteiger charge is 2.38. The molecule has 0 saturated carbocycles. The van der Waals surface area contributed by atoms with Crippen LogP contribution < -0.4 is 10.1 Å². The van der Waals surface area contributed by atoms with E-state index >= 15 is 0 Å². The van der Waals surface area contributed by atoms with Crippen molar-refractivity contribution < 1.29 is 24.2 Å². The lowest BCUT2D eigenvalue weighted by atomic mass is 10.0. The number of hydrogen-bond donors (Lipinski definition) is 2. The van der Waals surface area contributed by atoms with E-state index in [1.807, 2.05) is 12.1 Å². The summed E-state index contributed by atoms with van der Waals surface area (Å²) >= 11 is 0. The lowest BCUT2D eigenvalue weighted by Crippen LogP contribution is -2.44. The molecule has 1 aliphatic rings. The van der Waals surface area contributed by atoms with Crippen LogP contribution in [-0.2, 0) is 11.3 Å². The summed E-state index contributed by atoms with van der Waals surface area (Å²) < 4.78 is 5.62. The van der Waals surface area contributed by atoms with Crippen molar-refractivity contribution in [3.05, 3.63) is 71.5 Å². The third-order valence-corrected chi connectivity index (χ3v) is 6.23. The van der Waals surface area contributed by atoms with Crippen LogP contribution in [0, 0.1) is 5.92 Å². The Morgan fingerprint density at radius 1 is 1.11 bits per heavy atom. The van der Waals surface area contributed by atoms with Crippen LogP contribution in [0.3, 0.4) is 0 Å². The van der Waals surface area contributed by atoms with Crippen LogP contribution in [0.5, 0.6) is 5.75 Å². The van der Waals surface area contributed by atoms with Crippen LogP contribution in [0.25, 0.3) is 11.3 Å². The van der Waals surface area contributed by atoms with Gasteiger partial charge in [-0.3, -0.25) is 14.6 Å². The maximum absolute atomic E-state index is 13.0. The lowest BCUT2D eigenvalue weighted by molar-refractivity contribution is -0.144. The molecule has 4 rings (SSSR count). The highest BCUT2D eigenvalue weighted by atomic mass is 16.5. The van der Waals surface area contributed by atoms with Gasteiger partial charge in [-0.1, -0.05) is 39.3 Å². The molecule has 0 radical (unpaired) electrons. The summed E-state index contributed by atoms with van der Waals surface area (Å²) in [5, 5.41) is 12.3. The van der Waals surface area contributed by atoms with Crippen molar-refractivity contribution in [2.24, 2.45) is 5.92 Å². The summed E-state index contributed by atoms with van der Waals surface area (Å²) in [6.07, 6.45) is 5.00. The number of aliphatic carboxylic acids is 1. The minimum Gasteiger partial charge on any atom is -0.494 e. The maximum atomic E-state index is 13.0. The highest BCUT2D eigenvalue weighted by molar-refractivity contribution is 6.04. The molecular formula is C28H30N4O5. The van der Waals surface area contributed by atoms with Crippen LogP contribution in [-0.4, -0.2) is 50.4 Å². The molecule has 2 amide bonds. The molecule has 0 aliphatic carbocycles. The standard InChI is InChI=1S/C28H30N4O5/c1-4-5-12-37-21-10-8-18(9-11-21)26(33)31-24-15-29-23(14-30-24)19-6-7-20-16-32(27(34)22(20)13-19)25(17(2)3)28(35)36/h6-11,13-15,17,25H,4-5,12,16H2,1-3H3,(H,35,36)(H,30,31,33). The number of carboxylic acids is 1. The van der Waals surface area contributed by atoms with Gasteiger partial charge in [-0.2, -0.15) is 0 Å². The number of hydrogen-bond acceptors (Lipinski definition) is 6. The number of carbonyl (C=O) groups excluding carboxylic acids is 2. The molecule has 0 bridgehead atoms. The SMILES string of the molecule is CCCCOc1ccc(C(=O)Nc2cnc(-c3ccc4c(c3)C(=O)N(C(C(=O)O)C(C)C)C4)cn2)cc1. The number of nitrogens with zero attached hydrogens (tertiary/aromatic N) is 3. The second kappa shape index (κ2) is 11.2. The van der Waals surface area contributed by atoms with Gasteiger partial charge in [0.25, 0.3) is 11.8 Å². The Kier molecular flexibility index (Phi) is 7.81. The molecule has 192 valence electrons. The fraction of sp³-hybridized carbons (Fsp3) is 0.321. The minimum atomic E-state index is -1.02. The van der Waals surface area contributed by atoms with Gasteiger partial charge < -0.3 is 20.1 Å². The van der Waals surface area contributed by atoms with Crippen molar-refractivity contribution in [1.82, 2.24) is 14.9 Å². The van der Waals surface area contributed by atoms with Crippen molar-refractivity contribution in [3.8, 4) is 17.0 Å². The zero-order valence-electron chi connectivity index (χ0n) is 21.1. The molecule has 9 nitrogen and oxygen atoms in total. The minimum absolute atomic E-state index is 0.221. The molecule has 0 spiro atoms. The van der Waals surface area contributed by atoms with E-state index in [2.05, 4.69) is 22.2 Å². The molecule has 1 aliphatic heterocycles. The number of carbonyl (C=O) groups is 3. The van der Waals surface area contributed by atoms with Gasteiger partial charge in [0.05, 0.1) is 24.7 Å². The third-order valence-electron chi connectivity index (χ3n) is 6.23. The summed E-state index contributed by atoms with van der Waals surface area (Å²) in [6.45, 7) is 6.56. The number of rotatable bonds is 10. The molecule has 3 aromatic rings. The number of nitrogens with one attached hydrogen (secondary N) is 1. The van der Waals surface area contributed by atoms with Crippen molar-refractivity contribution in [2.45, 2.75) is 46.2 Å². The first kappa shape index (κ1) is 25.8. The zero-order chi connectivity index (χ0) is 26.5. The summed E-state index contributed by atoms with van der Waals surface area (Å²) in [6, 6.07) is 11.4. The molecule has 2 heterocycles. The molecular weight excluding hydrogens is 472 g/mol. The third kappa shape index (κ3) is 5.77. The fourth-order valence-electron chi connectivity index (χ4n) is 4.25. The smallest absolute Gasteiger partial charge is 0.326 e. The number of aromatic nitrogens is 2. The van der Waals surface area contributed by atoms with E-state index in [4.69, 9.17) is 4.74 Å². The summed E-state index contributed by atoms with van der Waals surface area (Å²) in [4.78, 5) is 47.4. The summed E-state index contributed by atoms with van der Waals surface area (Å²) in [7, 11) is 0. The average Bonchev–Trinajstić information content (AvgIpc) is 3.19. The monoisotopic (exact) mass is 502 g/mol. The molecule has 37 heavy (non-hydrogen) atoms. The molecule has 1 aromatic heterocycles. The maximum Gasteiger partial charge on any atom is 0.326 e. The number of carboxylic acid groups (broad SMARTS) is 1. The largest absolute Gasteiger partial charge is 0.494 e. The first-order chi connectivity index (χ1) is 17.8. The van der Waals surface area contributed by atoms with Crippen molar-refractivity contribution >= 4 is 23.6 Å². The van der Waals surface area contributed by atoms with Gasteiger partial charge in [0.2, 0.25) is 0 Å². The molecule has 1 unspecified atom stereocenters. The number of benzene rings is 2. The van der Waals surface area contributed by atoms with Crippen molar-refractivity contribution in [2.75, 3.05) is 11.9 Å². The summed E-state index contributed by atoms with van der Waals surface area (Å²) in [5.41, 5.74) is 2.91. The van der Waals surface area contributed by atoms with Crippen LogP contribution in [0.1, 0.15) is 59.9 Å². The van der Waals surface area contributed by atoms with Crippen LogP contribution >= 0.6 is 0 Å². The van der Waals surface area contributed by atoms with E-state index < -0.39 is 12.0 Å². The average molecular weight is 503 g/mol. The first-order valence-electron chi connectivity index (χ1n) is 12.3. The number of ether oxygens (including phenoxy) is 1. The quantitative estimate of drug-likeness (QED) is 0.387. The van der Waals surface area contributed by atoms with Gasteiger partial charge in [-0.15, -0.1) is 0 Å². The Labute approximate surface area is 215 Å². The second-order valence-corrected chi connectivity index (χ2v) is 9.30. The molecule has 2 aromatic carbocycles. The number of unbranched alkanes of at least 4 members (excludes halogenated alkanes) is 1. The second-order valence-electron chi connectivity index (χ2n) is 9.30. The van der Waals surface area contributed by atoms with E-state index in [-0.39, 0.29) is 24.3 Å². The highest BCUT2D eigenvalue weighted by Crippen LogP contribution is 2.30. The Morgan fingerprint density at radius 3 is 2.49 bits per heavy atom. The van der Waals surface area contributed by atoms with Crippen LogP contribution in [0.2, 0.25) is 0 Å². The van der Waals surface area contributed by atoms with Crippen LogP contribution in [0.15, 0.2) is 54.9 Å². The first-order valence-corrected chi connectivity index (χ1v) is 12.3. The Bertz CT molecular complexity index is 1290.